The van der Waals surface area contributed by atoms with Gasteiger partial charge >= 0.3 is 7.82 Å². The molecule has 0 unspecified atom stereocenters. The fourth-order valence-corrected chi connectivity index (χ4v) is 4.22. The summed E-state index contributed by atoms with van der Waals surface area (Å²) in [4.78, 5) is 39.9. The zero-order valence-corrected chi connectivity index (χ0v) is 13.1. The predicted molar refractivity (Wildman–Crippen MR) is 77.7 cm³/mol. The van der Waals surface area contributed by atoms with E-state index in [2.05, 4.69) is 19.5 Å². The van der Waals surface area contributed by atoms with E-state index in [0.29, 0.717) is 6.42 Å². The second-order valence-corrected chi connectivity index (χ2v) is 7.53. The number of aliphatic hydroxyl groups is 2. The van der Waals surface area contributed by atoms with Crippen LogP contribution in [0.2, 0.25) is 0 Å². The third kappa shape index (κ3) is 2.17. The largest absolute Gasteiger partial charge is 0.469 e. The number of phosphoric acid groups is 1. The van der Waals surface area contributed by atoms with Crippen molar-refractivity contribution in [3.63, 3.8) is 0 Å². The summed E-state index contributed by atoms with van der Waals surface area (Å²) in [6.45, 7) is -0.364. The van der Waals surface area contributed by atoms with E-state index in [0.717, 1.165) is 0 Å². The molecule has 24 heavy (non-hydrogen) atoms. The van der Waals surface area contributed by atoms with Crippen molar-refractivity contribution in [1.82, 2.24) is 19.5 Å². The van der Waals surface area contributed by atoms with Gasteiger partial charge in [0.05, 0.1) is 31.4 Å². The molecule has 0 amide bonds. The lowest BCUT2D eigenvalue weighted by atomic mass is 10.0. The molecule has 4 rings (SSSR count). The second kappa shape index (κ2) is 4.94. The third-order valence-corrected chi connectivity index (χ3v) is 5.51. The molecular weight excluding hydrogens is 343 g/mol. The smallest absolute Gasteiger partial charge is 0.390 e. The lowest BCUT2D eigenvalue weighted by Crippen LogP contribution is -2.35. The van der Waals surface area contributed by atoms with Gasteiger partial charge in [0.15, 0.2) is 11.2 Å². The minimum absolute atomic E-state index is 0.115. The number of aromatic nitrogens is 4. The van der Waals surface area contributed by atoms with Gasteiger partial charge in [0.2, 0.25) is 0 Å². The van der Waals surface area contributed by atoms with E-state index in [1.807, 2.05) is 0 Å². The summed E-state index contributed by atoms with van der Waals surface area (Å²) in [5.74, 6) is -0.271. The zero-order chi connectivity index (χ0) is 17.3. The van der Waals surface area contributed by atoms with Crippen LogP contribution < -0.4 is 5.56 Å². The van der Waals surface area contributed by atoms with Crippen LogP contribution in [0.15, 0.2) is 17.4 Å². The number of phosphoric ester groups is 1. The summed E-state index contributed by atoms with van der Waals surface area (Å²) in [5.41, 5.74) is -0.959. The van der Waals surface area contributed by atoms with Crippen LogP contribution in [0.25, 0.3) is 11.2 Å². The number of H-pyrrole nitrogens is 1. The molecule has 2 heterocycles. The molecule has 0 spiro atoms. The first-order chi connectivity index (χ1) is 11.2. The molecule has 0 saturated heterocycles. The molecule has 0 aromatic carbocycles. The van der Waals surface area contributed by atoms with Crippen LogP contribution in [0.5, 0.6) is 0 Å². The van der Waals surface area contributed by atoms with E-state index < -0.39 is 37.0 Å². The van der Waals surface area contributed by atoms with Crippen LogP contribution in [-0.2, 0) is 9.09 Å². The maximum atomic E-state index is 11.7. The molecule has 2 aromatic rings. The summed E-state index contributed by atoms with van der Waals surface area (Å²) in [7, 11) is -4.68. The second-order valence-electron chi connectivity index (χ2n) is 6.29. The number of aliphatic hydroxyl groups excluding tert-OH is 2. The molecule has 0 aliphatic heterocycles. The van der Waals surface area contributed by atoms with Gasteiger partial charge in [0.25, 0.3) is 5.56 Å². The van der Waals surface area contributed by atoms with E-state index >= 15 is 0 Å². The highest BCUT2D eigenvalue weighted by atomic mass is 31.2. The normalized spacial score (nSPS) is 35.3. The van der Waals surface area contributed by atoms with E-state index in [4.69, 9.17) is 9.79 Å². The van der Waals surface area contributed by atoms with Gasteiger partial charge in [-0.3, -0.25) is 9.32 Å². The average Bonchev–Trinajstić information content (AvgIpc) is 3.00. The first-order valence-electron chi connectivity index (χ1n) is 7.21. The Labute approximate surface area is 134 Å². The Kier molecular flexibility index (Phi) is 3.27. The van der Waals surface area contributed by atoms with Crippen molar-refractivity contribution in [2.45, 2.75) is 24.7 Å². The molecule has 2 saturated carbocycles. The SMILES string of the molecule is O=c1[nH]cnc2c1ncn2[C@H]1[C@H](O)[C@H](O)[C@@]2(COP(=O)(O)O)C[C@@H]12. The Morgan fingerprint density at radius 1 is 1.42 bits per heavy atom. The fraction of sp³-hybridized carbons (Fsp3) is 0.583. The van der Waals surface area contributed by atoms with Gasteiger partial charge in [0, 0.05) is 5.41 Å². The summed E-state index contributed by atoms with van der Waals surface area (Å²) >= 11 is 0. The van der Waals surface area contributed by atoms with Crippen LogP contribution in [-0.4, -0.2) is 58.3 Å². The molecule has 2 aromatic heterocycles. The van der Waals surface area contributed by atoms with Crippen molar-refractivity contribution in [2.24, 2.45) is 11.3 Å². The molecule has 5 atom stereocenters. The van der Waals surface area contributed by atoms with Crippen molar-refractivity contribution in [1.29, 1.82) is 0 Å². The van der Waals surface area contributed by atoms with Gasteiger partial charge in [-0.1, -0.05) is 0 Å². The van der Waals surface area contributed by atoms with Gasteiger partial charge in [-0.05, 0) is 12.3 Å². The van der Waals surface area contributed by atoms with Crippen molar-refractivity contribution in [2.75, 3.05) is 6.61 Å². The molecule has 11 nitrogen and oxygen atoms in total. The highest BCUT2D eigenvalue weighted by molar-refractivity contribution is 7.46. The number of imidazole rings is 1. The standard InChI is InChI=1S/C12H15N4O7P/c17-8-7(16-4-15-6-10(16)13-3-14-11(6)19)5-1-12(5,9(8)18)2-23-24(20,21)22/h3-5,7-9,17-18H,1-2H2,(H,13,14,19)(H2,20,21,22)/t5-,7+,8-,9-,12+/m0/s1. The number of nitrogens with zero attached hydrogens (tertiary/aromatic N) is 3. The highest BCUT2D eigenvalue weighted by Crippen LogP contribution is 2.68. The summed E-state index contributed by atoms with van der Waals surface area (Å²) in [6.07, 6.45) is 0.614. The van der Waals surface area contributed by atoms with Gasteiger partial charge in [0.1, 0.15) is 6.10 Å². The monoisotopic (exact) mass is 358 g/mol. The van der Waals surface area contributed by atoms with E-state index in [1.165, 1.54) is 17.2 Å². The minimum atomic E-state index is -4.68. The van der Waals surface area contributed by atoms with E-state index in [1.54, 1.807) is 0 Å². The maximum Gasteiger partial charge on any atom is 0.469 e. The lowest BCUT2D eigenvalue weighted by molar-refractivity contribution is -0.0297. The molecule has 2 aliphatic rings. The van der Waals surface area contributed by atoms with Gasteiger partial charge < -0.3 is 29.6 Å². The number of rotatable bonds is 4. The molecule has 0 radical (unpaired) electrons. The summed E-state index contributed by atoms with van der Waals surface area (Å²) in [6, 6.07) is -0.611. The first kappa shape index (κ1) is 15.9. The maximum absolute atomic E-state index is 11.7. The minimum Gasteiger partial charge on any atom is -0.390 e. The molecule has 2 fully saturated rings. The topological polar surface area (TPSA) is 171 Å². The van der Waals surface area contributed by atoms with Gasteiger partial charge in [-0.2, -0.15) is 0 Å². The number of hydrogen-bond donors (Lipinski definition) is 5. The first-order valence-corrected chi connectivity index (χ1v) is 8.74. The average molecular weight is 358 g/mol. The van der Waals surface area contributed by atoms with E-state index in [-0.39, 0.29) is 23.7 Å². The Morgan fingerprint density at radius 2 is 2.17 bits per heavy atom. The Morgan fingerprint density at radius 3 is 2.88 bits per heavy atom. The van der Waals surface area contributed by atoms with Crippen molar-refractivity contribution < 1.29 is 29.1 Å². The Balaban J connectivity index is 1.69. The van der Waals surface area contributed by atoms with Crippen LogP contribution in [0.4, 0.5) is 0 Å². The van der Waals surface area contributed by atoms with Crippen LogP contribution >= 0.6 is 7.82 Å². The molecule has 130 valence electrons. The predicted octanol–water partition coefficient (Wildman–Crippen LogP) is -1.49. The van der Waals surface area contributed by atoms with Crippen LogP contribution in [0.3, 0.4) is 0 Å². The zero-order valence-electron chi connectivity index (χ0n) is 12.2. The van der Waals surface area contributed by atoms with Gasteiger partial charge in [-0.25, -0.2) is 14.5 Å². The molecule has 0 bridgehead atoms. The lowest BCUT2D eigenvalue weighted by Gasteiger charge is -2.24. The highest BCUT2D eigenvalue weighted by Gasteiger charge is 2.72. The van der Waals surface area contributed by atoms with E-state index in [9.17, 15) is 19.6 Å². The summed E-state index contributed by atoms with van der Waals surface area (Å²) < 4.78 is 17.0. The van der Waals surface area contributed by atoms with Crippen LogP contribution in [0, 0.1) is 11.3 Å². The Bertz CT molecular complexity index is 906. The van der Waals surface area contributed by atoms with Gasteiger partial charge in [-0.15, -0.1) is 0 Å². The quantitative estimate of drug-likeness (QED) is 0.408. The van der Waals surface area contributed by atoms with Crippen molar-refractivity contribution >= 4 is 19.0 Å². The number of hydrogen-bond acceptors (Lipinski definition) is 7. The summed E-state index contributed by atoms with van der Waals surface area (Å²) in [5, 5.41) is 20.7. The third-order valence-electron chi connectivity index (χ3n) is 5.04. The molecule has 12 heteroatoms. The number of aromatic amines is 1. The van der Waals surface area contributed by atoms with Crippen LogP contribution in [0.1, 0.15) is 12.5 Å². The number of nitrogens with one attached hydrogen (secondary N) is 1. The van der Waals surface area contributed by atoms with Crippen molar-refractivity contribution in [3.05, 3.63) is 23.0 Å². The Hall–Kier alpha value is -1.62. The number of fused-ring (bicyclic) bond motifs is 2. The molecule has 5 N–H and O–H groups in total. The molecular formula is C12H15N4O7P. The van der Waals surface area contributed by atoms with Crippen molar-refractivity contribution in [3.8, 4) is 0 Å². The fourth-order valence-electron chi connectivity index (χ4n) is 3.81. The molecule has 2 aliphatic carbocycles.